The largest absolute Gasteiger partial charge is 0.493 e. The number of ether oxygens (including phenoxy) is 1. The van der Waals surface area contributed by atoms with Gasteiger partial charge in [-0.1, -0.05) is 5.21 Å². The van der Waals surface area contributed by atoms with Crippen LogP contribution in [-0.2, 0) is 11.3 Å². The van der Waals surface area contributed by atoms with Gasteiger partial charge in [0.25, 0.3) is 0 Å². The second kappa shape index (κ2) is 7.42. The van der Waals surface area contributed by atoms with Gasteiger partial charge in [-0.3, -0.25) is 4.79 Å². The molecule has 0 aliphatic carbocycles. The van der Waals surface area contributed by atoms with Crippen LogP contribution in [0.15, 0.2) is 30.5 Å². The maximum Gasteiger partial charge on any atom is 0.244 e. The fourth-order valence-electron chi connectivity index (χ4n) is 2.88. The van der Waals surface area contributed by atoms with E-state index in [9.17, 15) is 9.18 Å². The standard InChI is InChI=1S/C17H21FN4O2/c1-13-9-22(20-19-13)11-17(23)21-8-2-3-14(10-21)12-24-16-6-4-15(18)5-7-16/h4-7,9,14H,2-3,8,10-12H2,1H3/t14-/m1/s1. The molecule has 2 aromatic rings. The Morgan fingerprint density at radius 2 is 2.17 bits per heavy atom. The highest BCUT2D eigenvalue weighted by Gasteiger charge is 2.24. The third-order valence-corrected chi connectivity index (χ3v) is 4.12. The minimum absolute atomic E-state index is 0.0476. The topological polar surface area (TPSA) is 60.2 Å². The lowest BCUT2D eigenvalue weighted by Crippen LogP contribution is -2.43. The summed E-state index contributed by atoms with van der Waals surface area (Å²) in [5.41, 5.74) is 0.798. The van der Waals surface area contributed by atoms with E-state index in [2.05, 4.69) is 10.3 Å². The van der Waals surface area contributed by atoms with Crippen molar-refractivity contribution in [1.82, 2.24) is 19.9 Å². The molecule has 0 spiro atoms. The van der Waals surface area contributed by atoms with Gasteiger partial charge in [0.15, 0.2) is 0 Å². The van der Waals surface area contributed by atoms with Gasteiger partial charge in [-0.2, -0.15) is 0 Å². The van der Waals surface area contributed by atoms with Gasteiger partial charge in [-0.05, 0) is 44.0 Å². The van der Waals surface area contributed by atoms with Gasteiger partial charge in [0, 0.05) is 25.2 Å². The Balaban J connectivity index is 1.50. The minimum atomic E-state index is -0.278. The molecule has 3 rings (SSSR count). The molecule has 0 radical (unpaired) electrons. The van der Waals surface area contributed by atoms with Crippen molar-refractivity contribution < 1.29 is 13.9 Å². The van der Waals surface area contributed by atoms with Gasteiger partial charge in [0.1, 0.15) is 18.1 Å². The molecular weight excluding hydrogens is 311 g/mol. The number of halogens is 1. The Morgan fingerprint density at radius 3 is 2.88 bits per heavy atom. The molecule has 1 saturated heterocycles. The number of hydrogen-bond acceptors (Lipinski definition) is 4. The molecule has 24 heavy (non-hydrogen) atoms. The number of hydrogen-bond donors (Lipinski definition) is 0. The second-order valence-electron chi connectivity index (χ2n) is 6.17. The highest BCUT2D eigenvalue weighted by Crippen LogP contribution is 2.19. The molecule has 2 heterocycles. The molecular formula is C17H21FN4O2. The van der Waals surface area contributed by atoms with E-state index in [4.69, 9.17) is 4.74 Å². The van der Waals surface area contributed by atoms with Gasteiger partial charge >= 0.3 is 0 Å². The van der Waals surface area contributed by atoms with E-state index in [0.29, 0.717) is 18.9 Å². The molecule has 1 aromatic carbocycles. The molecule has 1 fully saturated rings. The van der Waals surface area contributed by atoms with E-state index in [1.807, 2.05) is 11.8 Å². The summed E-state index contributed by atoms with van der Waals surface area (Å²) in [6, 6.07) is 6.00. The van der Waals surface area contributed by atoms with Gasteiger partial charge in [0.2, 0.25) is 5.91 Å². The van der Waals surface area contributed by atoms with Gasteiger partial charge < -0.3 is 9.64 Å². The number of benzene rings is 1. The number of carbonyl (C=O) groups is 1. The van der Waals surface area contributed by atoms with Crippen LogP contribution in [0.1, 0.15) is 18.5 Å². The lowest BCUT2D eigenvalue weighted by atomic mass is 9.99. The van der Waals surface area contributed by atoms with Crippen molar-refractivity contribution in [1.29, 1.82) is 0 Å². The number of aromatic nitrogens is 3. The second-order valence-corrected chi connectivity index (χ2v) is 6.17. The summed E-state index contributed by atoms with van der Waals surface area (Å²) in [6.07, 6.45) is 3.74. The first-order valence-corrected chi connectivity index (χ1v) is 8.13. The molecule has 1 aliphatic heterocycles. The van der Waals surface area contributed by atoms with Crippen molar-refractivity contribution in [2.24, 2.45) is 5.92 Å². The summed E-state index contributed by atoms with van der Waals surface area (Å²) < 4.78 is 20.2. The Morgan fingerprint density at radius 1 is 1.38 bits per heavy atom. The maximum absolute atomic E-state index is 12.9. The molecule has 0 N–H and O–H groups in total. The van der Waals surface area contributed by atoms with Crippen LogP contribution in [0, 0.1) is 18.7 Å². The monoisotopic (exact) mass is 332 g/mol. The lowest BCUT2D eigenvalue weighted by Gasteiger charge is -2.32. The van der Waals surface area contributed by atoms with Crippen LogP contribution in [0.2, 0.25) is 0 Å². The third-order valence-electron chi connectivity index (χ3n) is 4.12. The number of carbonyl (C=O) groups excluding carboxylic acids is 1. The van der Waals surface area contributed by atoms with Crippen LogP contribution in [0.3, 0.4) is 0 Å². The summed E-state index contributed by atoms with van der Waals surface area (Å²) in [5.74, 6) is 0.703. The first kappa shape index (κ1) is 16.4. The molecule has 1 amide bonds. The fourth-order valence-corrected chi connectivity index (χ4v) is 2.88. The van der Waals surface area contributed by atoms with Crippen molar-refractivity contribution >= 4 is 5.91 Å². The predicted octanol–water partition coefficient (Wildman–Crippen LogP) is 2.04. The smallest absolute Gasteiger partial charge is 0.244 e. The summed E-state index contributed by atoms with van der Waals surface area (Å²) in [4.78, 5) is 14.2. The number of aryl methyl sites for hydroxylation is 1. The van der Waals surface area contributed by atoms with Crippen molar-refractivity contribution in [2.75, 3.05) is 19.7 Å². The molecule has 1 aliphatic rings. The molecule has 0 bridgehead atoms. The molecule has 7 heteroatoms. The fraction of sp³-hybridized carbons (Fsp3) is 0.471. The van der Waals surface area contributed by atoms with Gasteiger partial charge in [-0.25, -0.2) is 9.07 Å². The summed E-state index contributed by atoms with van der Waals surface area (Å²) in [5, 5.41) is 7.81. The van der Waals surface area contributed by atoms with E-state index >= 15 is 0 Å². The van der Waals surface area contributed by atoms with Crippen LogP contribution in [0.4, 0.5) is 4.39 Å². The zero-order valence-electron chi connectivity index (χ0n) is 13.7. The van der Waals surface area contributed by atoms with Crippen molar-refractivity contribution in [3.05, 3.63) is 42.0 Å². The zero-order chi connectivity index (χ0) is 16.9. The van der Waals surface area contributed by atoms with E-state index in [1.165, 1.54) is 12.1 Å². The van der Waals surface area contributed by atoms with Gasteiger partial charge in [0.05, 0.1) is 12.3 Å². The quantitative estimate of drug-likeness (QED) is 0.841. The Labute approximate surface area is 140 Å². The van der Waals surface area contributed by atoms with E-state index in [0.717, 1.165) is 25.1 Å². The summed E-state index contributed by atoms with van der Waals surface area (Å²) in [6.45, 7) is 4.02. The molecule has 128 valence electrons. The van der Waals surface area contributed by atoms with Crippen LogP contribution in [0.25, 0.3) is 0 Å². The molecule has 6 nitrogen and oxygen atoms in total. The normalized spacial score (nSPS) is 17.8. The van der Waals surface area contributed by atoms with E-state index < -0.39 is 0 Å². The molecule has 0 unspecified atom stereocenters. The maximum atomic E-state index is 12.9. The molecule has 0 saturated carbocycles. The summed E-state index contributed by atoms with van der Waals surface area (Å²) in [7, 11) is 0. The van der Waals surface area contributed by atoms with Crippen molar-refractivity contribution in [2.45, 2.75) is 26.3 Å². The number of piperidine rings is 1. The number of rotatable bonds is 5. The van der Waals surface area contributed by atoms with Crippen molar-refractivity contribution in [3.63, 3.8) is 0 Å². The Kier molecular flexibility index (Phi) is 5.08. The minimum Gasteiger partial charge on any atom is -0.493 e. The van der Waals surface area contributed by atoms with Crippen LogP contribution < -0.4 is 4.74 Å². The average molecular weight is 332 g/mol. The number of nitrogens with zero attached hydrogens (tertiary/aromatic N) is 4. The average Bonchev–Trinajstić information content (AvgIpc) is 2.99. The highest BCUT2D eigenvalue weighted by molar-refractivity contribution is 5.76. The Hall–Kier alpha value is -2.44. The van der Waals surface area contributed by atoms with E-state index in [-0.39, 0.29) is 24.2 Å². The first-order chi connectivity index (χ1) is 11.6. The lowest BCUT2D eigenvalue weighted by molar-refractivity contribution is -0.134. The number of likely N-dealkylation sites (tertiary alicyclic amines) is 1. The van der Waals surface area contributed by atoms with E-state index in [1.54, 1.807) is 23.0 Å². The molecule has 1 aromatic heterocycles. The third kappa shape index (κ3) is 4.31. The number of amides is 1. The SMILES string of the molecule is Cc1cn(CC(=O)N2CCC[C@@H](COc3ccc(F)cc3)C2)nn1. The van der Waals surface area contributed by atoms with Crippen LogP contribution >= 0.6 is 0 Å². The Bertz CT molecular complexity index is 686. The predicted molar refractivity (Wildman–Crippen MR) is 86.0 cm³/mol. The highest BCUT2D eigenvalue weighted by atomic mass is 19.1. The first-order valence-electron chi connectivity index (χ1n) is 8.13. The van der Waals surface area contributed by atoms with Crippen molar-refractivity contribution in [3.8, 4) is 5.75 Å². The van der Waals surface area contributed by atoms with Gasteiger partial charge in [-0.15, -0.1) is 5.10 Å². The van der Waals surface area contributed by atoms with Crippen LogP contribution in [0.5, 0.6) is 5.75 Å². The summed E-state index contributed by atoms with van der Waals surface area (Å²) >= 11 is 0. The zero-order valence-corrected chi connectivity index (χ0v) is 13.7. The molecule has 1 atom stereocenters. The van der Waals surface area contributed by atoms with Crippen LogP contribution in [-0.4, -0.2) is 45.5 Å².